The van der Waals surface area contributed by atoms with Crippen LogP contribution in [-0.2, 0) is 0 Å². The fourth-order valence-electron chi connectivity index (χ4n) is 2.40. The summed E-state index contributed by atoms with van der Waals surface area (Å²) in [5.41, 5.74) is 1.25. The molecular formula is C14H12ClNO2S. The Morgan fingerprint density at radius 2 is 1.58 bits per heavy atom. The van der Waals surface area contributed by atoms with Crippen molar-refractivity contribution >= 4 is 34.9 Å². The van der Waals surface area contributed by atoms with Crippen LogP contribution in [0.25, 0.3) is 0 Å². The SMILES string of the molecule is O=C1C(Cl)=C(N2CCSCC2)C(=O)c2ccccc21. The van der Waals surface area contributed by atoms with Gasteiger partial charge in [-0.05, 0) is 0 Å². The molecule has 1 aromatic rings. The third kappa shape index (κ3) is 2.09. The largest absolute Gasteiger partial charge is 0.365 e. The fourth-order valence-corrected chi connectivity index (χ4v) is 3.61. The van der Waals surface area contributed by atoms with Gasteiger partial charge in [0, 0.05) is 35.7 Å². The number of fused-ring (bicyclic) bond motifs is 1. The number of allylic oxidation sites excluding steroid dienone is 2. The number of rotatable bonds is 1. The van der Waals surface area contributed by atoms with E-state index in [9.17, 15) is 9.59 Å². The lowest BCUT2D eigenvalue weighted by Crippen LogP contribution is -2.38. The predicted molar refractivity (Wildman–Crippen MR) is 76.9 cm³/mol. The molecule has 19 heavy (non-hydrogen) atoms. The average Bonchev–Trinajstić information content (AvgIpc) is 2.46. The lowest BCUT2D eigenvalue weighted by molar-refractivity contribution is 0.0949. The number of Topliss-reactive ketones (excluding diaryl/α,β-unsaturated/α-hetero) is 2. The summed E-state index contributed by atoms with van der Waals surface area (Å²) in [6, 6.07) is 6.86. The molecule has 98 valence electrons. The summed E-state index contributed by atoms with van der Waals surface area (Å²) in [5.74, 6) is 1.53. The van der Waals surface area contributed by atoms with Gasteiger partial charge >= 0.3 is 0 Å². The molecule has 0 saturated carbocycles. The van der Waals surface area contributed by atoms with E-state index in [-0.39, 0.29) is 16.6 Å². The number of carbonyl (C=O) groups excluding carboxylic acids is 2. The summed E-state index contributed by atoms with van der Waals surface area (Å²) in [6.45, 7) is 1.52. The summed E-state index contributed by atoms with van der Waals surface area (Å²) < 4.78 is 0. The quantitative estimate of drug-likeness (QED) is 0.797. The lowest BCUT2D eigenvalue weighted by atomic mass is 9.92. The molecule has 0 spiro atoms. The smallest absolute Gasteiger partial charge is 0.211 e. The van der Waals surface area contributed by atoms with Gasteiger partial charge in [-0.1, -0.05) is 35.9 Å². The summed E-state index contributed by atoms with van der Waals surface area (Å²) >= 11 is 8.00. The minimum Gasteiger partial charge on any atom is -0.365 e. The molecule has 0 bridgehead atoms. The molecule has 3 rings (SSSR count). The molecule has 0 amide bonds. The van der Waals surface area contributed by atoms with Crippen LogP contribution in [0.3, 0.4) is 0 Å². The number of nitrogens with zero attached hydrogens (tertiary/aromatic N) is 1. The van der Waals surface area contributed by atoms with Crippen LogP contribution in [0.4, 0.5) is 0 Å². The van der Waals surface area contributed by atoms with Gasteiger partial charge in [0.1, 0.15) is 10.7 Å². The monoisotopic (exact) mass is 293 g/mol. The van der Waals surface area contributed by atoms with Gasteiger partial charge in [0.25, 0.3) is 0 Å². The molecule has 2 aliphatic rings. The van der Waals surface area contributed by atoms with Crippen LogP contribution < -0.4 is 0 Å². The topological polar surface area (TPSA) is 37.4 Å². The van der Waals surface area contributed by atoms with Crippen LogP contribution in [0.5, 0.6) is 0 Å². The highest BCUT2D eigenvalue weighted by Gasteiger charge is 2.34. The highest BCUT2D eigenvalue weighted by atomic mass is 35.5. The molecule has 1 aliphatic heterocycles. The Kier molecular flexibility index (Phi) is 3.37. The molecule has 3 nitrogen and oxygen atoms in total. The molecule has 5 heteroatoms. The molecule has 0 radical (unpaired) electrons. The van der Waals surface area contributed by atoms with Crippen molar-refractivity contribution in [2.24, 2.45) is 0 Å². The minimum absolute atomic E-state index is 0.0654. The molecule has 0 unspecified atom stereocenters. The van der Waals surface area contributed by atoms with Crippen molar-refractivity contribution in [1.29, 1.82) is 0 Å². The van der Waals surface area contributed by atoms with Crippen LogP contribution in [0, 0.1) is 0 Å². The number of benzene rings is 1. The molecule has 1 saturated heterocycles. The van der Waals surface area contributed by atoms with Crippen molar-refractivity contribution in [2.75, 3.05) is 24.6 Å². The third-order valence-corrected chi connectivity index (χ3v) is 4.66. The third-order valence-electron chi connectivity index (χ3n) is 3.37. The van der Waals surface area contributed by atoms with E-state index in [4.69, 9.17) is 11.6 Å². The van der Waals surface area contributed by atoms with Crippen LogP contribution in [-0.4, -0.2) is 41.1 Å². The molecular weight excluding hydrogens is 282 g/mol. The van der Waals surface area contributed by atoms with E-state index >= 15 is 0 Å². The Hall–Kier alpha value is -1.26. The molecule has 0 N–H and O–H groups in total. The Morgan fingerprint density at radius 1 is 1.00 bits per heavy atom. The first kappa shape index (κ1) is 12.8. The second-order valence-corrected chi connectivity index (χ2v) is 6.07. The zero-order chi connectivity index (χ0) is 13.4. The van der Waals surface area contributed by atoms with E-state index in [2.05, 4.69) is 0 Å². The predicted octanol–water partition coefficient (Wildman–Crippen LogP) is 2.56. The maximum Gasteiger partial charge on any atom is 0.211 e. The van der Waals surface area contributed by atoms with E-state index in [1.54, 1.807) is 24.3 Å². The van der Waals surface area contributed by atoms with E-state index in [0.29, 0.717) is 16.8 Å². The van der Waals surface area contributed by atoms with E-state index in [1.807, 2.05) is 16.7 Å². The molecule has 1 fully saturated rings. The molecule has 1 heterocycles. The second kappa shape index (κ2) is 5.02. The van der Waals surface area contributed by atoms with Crippen molar-refractivity contribution < 1.29 is 9.59 Å². The fraction of sp³-hybridized carbons (Fsp3) is 0.286. The molecule has 1 aromatic carbocycles. The zero-order valence-corrected chi connectivity index (χ0v) is 11.8. The van der Waals surface area contributed by atoms with Crippen molar-refractivity contribution in [3.63, 3.8) is 0 Å². The number of hydrogen-bond acceptors (Lipinski definition) is 4. The van der Waals surface area contributed by atoms with Crippen molar-refractivity contribution in [2.45, 2.75) is 0 Å². The van der Waals surface area contributed by atoms with Crippen molar-refractivity contribution in [3.8, 4) is 0 Å². The maximum atomic E-state index is 12.5. The van der Waals surface area contributed by atoms with Gasteiger partial charge in [-0.15, -0.1) is 0 Å². The van der Waals surface area contributed by atoms with Gasteiger partial charge in [-0.2, -0.15) is 11.8 Å². The zero-order valence-electron chi connectivity index (χ0n) is 10.2. The lowest BCUT2D eigenvalue weighted by Gasteiger charge is -2.32. The Labute approximate surface area is 120 Å². The van der Waals surface area contributed by atoms with Gasteiger partial charge in [-0.25, -0.2) is 0 Å². The first-order valence-corrected chi connectivity index (χ1v) is 7.64. The van der Waals surface area contributed by atoms with Gasteiger partial charge in [0.05, 0.1) is 0 Å². The number of hydrogen-bond donors (Lipinski definition) is 0. The number of carbonyl (C=O) groups is 2. The standard InChI is InChI=1S/C14H12ClNO2S/c15-11-12(16-5-7-19-8-6-16)14(18)10-4-2-1-3-9(10)13(11)17/h1-4H,5-8H2. The summed E-state index contributed by atoms with van der Waals surface area (Å²) in [7, 11) is 0. The number of ketones is 2. The second-order valence-electron chi connectivity index (χ2n) is 4.47. The minimum atomic E-state index is -0.245. The maximum absolute atomic E-state index is 12.5. The van der Waals surface area contributed by atoms with Gasteiger partial charge < -0.3 is 4.90 Å². The molecule has 0 aromatic heterocycles. The van der Waals surface area contributed by atoms with Gasteiger partial charge in [-0.3, -0.25) is 9.59 Å². The normalized spacial score (nSPS) is 19.7. The highest BCUT2D eigenvalue weighted by Crippen LogP contribution is 2.31. The Bertz CT molecular complexity index is 591. The molecule has 0 atom stereocenters. The Balaban J connectivity index is 2.07. The van der Waals surface area contributed by atoms with Crippen molar-refractivity contribution in [3.05, 3.63) is 46.1 Å². The van der Waals surface area contributed by atoms with Gasteiger partial charge in [0.2, 0.25) is 11.6 Å². The first-order valence-electron chi connectivity index (χ1n) is 6.11. The van der Waals surface area contributed by atoms with E-state index in [1.165, 1.54) is 0 Å². The number of halogens is 1. The van der Waals surface area contributed by atoms with Crippen LogP contribution in [0.1, 0.15) is 20.7 Å². The van der Waals surface area contributed by atoms with E-state index < -0.39 is 0 Å². The highest BCUT2D eigenvalue weighted by molar-refractivity contribution is 7.99. The Morgan fingerprint density at radius 3 is 2.21 bits per heavy atom. The van der Waals surface area contributed by atoms with Crippen LogP contribution in [0.2, 0.25) is 0 Å². The average molecular weight is 294 g/mol. The first-order chi connectivity index (χ1) is 9.20. The number of thioether (sulfide) groups is 1. The summed E-state index contributed by atoms with van der Waals surface area (Å²) in [4.78, 5) is 26.7. The summed E-state index contributed by atoms with van der Waals surface area (Å²) in [5, 5.41) is 0.0654. The van der Waals surface area contributed by atoms with Crippen molar-refractivity contribution in [1.82, 2.24) is 4.90 Å². The van der Waals surface area contributed by atoms with Crippen LogP contribution in [0.15, 0.2) is 35.0 Å². The summed E-state index contributed by atoms with van der Waals surface area (Å²) in [6.07, 6.45) is 0. The molecule has 1 aliphatic carbocycles. The van der Waals surface area contributed by atoms with Gasteiger partial charge in [0.15, 0.2) is 0 Å². The van der Waals surface area contributed by atoms with Crippen LogP contribution >= 0.6 is 23.4 Å². The van der Waals surface area contributed by atoms with E-state index in [0.717, 1.165) is 24.6 Å².